The maximum Gasteiger partial charge on any atom is 0.123 e. The number of aliphatic hydroxyl groups excluding tert-OH is 2. The molecule has 1 heterocycles. The lowest BCUT2D eigenvalue weighted by Crippen LogP contribution is -2.01. The lowest BCUT2D eigenvalue weighted by molar-refractivity contribution is 0.288. The Kier molecular flexibility index (Phi) is 4.35. The van der Waals surface area contributed by atoms with Crippen molar-refractivity contribution >= 4 is 5.82 Å². The fraction of sp³-hybridized carbons (Fsp3) is 0.500. The quantitative estimate of drug-likeness (QED) is 0.625. The molecule has 0 spiro atoms. The van der Waals surface area contributed by atoms with E-state index in [9.17, 15) is 0 Å². The molecule has 78 valence electrons. The minimum absolute atomic E-state index is 0.0793. The summed E-state index contributed by atoms with van der Waals surface area (Å²) in [5.41, 5.74) is 7.48. The van der Waals surface area contributed by atoms with Gasteiger partial charge in [0.25, 0.3) is 0 Å². The van der Waals surface area contributed by atoms with E-state index in [0.717, 1.165) is 24.1 Å². The van der Waals surface area contributed by atoms with Crippen LogP contribution in [0.1, 0.15) is 17.7 Å². The molecule has 0 unspecified atom stereocenters. The zero-order valence-corrected chi connectivity index (χ0v) is 8.11. The second-order valence-corrected chi connectivity index (χ2v) is 3.19. The molecule has 0 atom stereocenters. The number of hydrogen-bond acceptors (Lipinski definition) is 4. The predicted molar refractivity (Wildman–Crippen MR) is 54.8 cm³/mol. The molecule has 0 radical (unpaired) electrons. The molecule has 0 bridgehead atoms. The van der Waals surface area contributed by atoms with Gasteiger partial charge in [0.15, 0.2) is 0 Å². The van der Waals surface area contributed by atoms with Crippen LogP contribution in [0.5, 0.6) is 0 Å². The average molecular weight is 196 g/mol. The van der Waals surface area contributed by atoms with Crippen LogP contribution in [0.2, 0.25) is 0 Å². The monoisotopic (exact) mass is 196 g/mol. The number of nitrogens with zero attached hydrogens (tertiary/aromatic N) is 1. The lowest BCUT2D eigenvalue weighted by Gasteiger charge is -2.04. The Morgan fingerprint density at radius 2 is 1.93 bits per heavy atom. The summed E-state index contributed by atoms with van der Waals surface area (Å²) in [5.74, 6) is 0.476. The van der Waals surface area contributed by atoms with Gasteiger partial charge in [-0.3, -0.25) is 0 Å². The van der Waals surface area contributed by atoms with Crippen LogP contribution in [0, 0.1) is 0 Å². The number of anilines is 1. The third-order valence-electron chi connectivity index (χ3n) is 1.95. The molecule has 1 aromatic rings. The standard InChI is InChI=1S/C10H16N2O2/c11-10-7-8(2-1-4-13)6-9(12-10)3-5-14/h6-7,13-14H,1-5H2,(H2,11,12). The number of aryl methyl sites for hydroxylation is 1. The molecule has 0 fully saturated rings. The first-order chi connectivity index (χ1) is 6.76. The molecule has 0 aromatic carbocycles. The number of nitrogens with two attached hydrogens (primary N) is 1. The Morgan fingerprint density at radius 3 is 2.57 bits per heavy atom. The van der Waals surface area contributed by atoms with Crippen LogP contribution in [0.15, 0.2) is 12.1 Å². The smallest absolute Gasteiger partial charge is 0.123 e. The largest absolute Gasteiger partial charge is 0.396 e. The summed E-state index contributed by atoms with van der Waals surface area (Å²) in [4.78, 5) is 4.09. The summed E-state index contributed by atoms with van der Waals surface area (Å²) in [6, 6.07) is 3.72. The van der Waals surface area contributed by atoms with E-state index in [4.69, 9.17) is 15.9 Å². The summed E-state index contributed by atoms with van der Waals surface area (Å²) < 4.78 is 0. The van der Waals surface area contributed by atoms with E-state index in [-0.39, 0.29) is 13.2 Å². The highest BCUT2D eigenvalue weighted by Crippen LogP contribution is 2.10. The SMILES string of the molecule is Nc1cc(CCCO)cc(CCO)n1. The van der Waals surface area contributed by atoms with Gasteiger partial charge in [0.2, 0.25) is 0 Å². The van der Waals surface area contributed by atoms with E-state index < -0.39 is 0 Å². The molecule has 14 heavy (non-hydrogen) atoms. The van der Waals surface area contributed by atoms with Crippen molar-refractivity contribution in [1.29, 1.82) is 0 Å². The maximum absolute atomic E-state index is 8.76. The highest BCUT2D eigenvalue weighted by atomic mass is 16.3. The number of aromatic nitrogens is 1. The molecule has 1 aromatic heterocycles. The van der Waals surface area contributed by atoms with Crippen molar-refractivity contribution in [3.63, 3.8) is 0 Å². The Labute approximate surface area is 83.4 Å². The summed E-state index contributed by atoms with van der Waals surface area (Å²) in [5, 5.41) is 17.4. The fourth-order valence-electron chi connectivity index (χ4n) is 1.35. The fourth-order valence-corrected chi connectivity index (χ4v) is 1.35. The highest BCUT2D eigenvalue weighted by molar-refractivity contribution is 5.35. The number of nitrogen functional groups attached to an aromatic ring is 1. The molecule has 1 rings (SSSR count). The molecule has 4 nitrogen and oxygen atoms in total. The topological polar surface area (TPSA) is 79.4 Å². The van der Waals surface area contributed by atoms with Crippen LogP contribution in [0.4, 0.5) is 5.82 Å². The maximum atomic E-state index is 8.76. The van der Waals surface area contributed by atoms with Crippen molar-refractivity contribution in [2.24, 2.45) is 0 Å². The van der Waals surface area contributed by atoms with E-state index in [1.165, 1.54) is 0 Å². The van der Waals surface area contributed by atoms with Gasteiger partial charge in [0.1, 0.15) is 5.82 Å². The lowest BCUT2D eigenvalue weighted by atomic mass is 10.1. The Bertz CT molecular complexity index is 289. The Balaban J connectivity index is 2.73. The van der Waals surface area contributed by atoms with Crippen molar-refractivity contribution < 1.29 is 10.2 Å². The van der Waals surface area contributed by atoms with Crippen molar-refractivity contribution in [2.45, 2.75) is 19.3 Å². The second-order valence-electron chi connectivity index (χ2n) is 3.19. The molecule has 4 heteroatoms. The molecule has 0 aliphatic carbocycles. The molecule has 4 N–H and O–H groups in total. The molecule has 0 amide bonds. The van der Waals surface area contributed by atoms with Gasteiger partial charge in [0.05, 0.1) is 0 Å². The predicted octanol–water partition coefficient (Wildman–Crippen LogP) is 0.124. The average Bonchev–Trinajstić information content (AvgIpc) is 2.14. The van der Waals surface area contributed by atoms with E-state index in [0.29, 0.717) is 12.2 Å². The van der Waals surface area contributed by atoms with Crippen molar-refractivity contribution in [3.05, 3.63) is 23.4 Å². The van der Waals surface area contributed by atoms with Gasteiger partial charge in [0, 0.05) is 25.3 Å². The molecule has 0 aliphatic heterocycles. The van der Waals surface area contributed by atoms with E-state index in [2.05, 4.69) is 4.98 Å². The van der Waals surface area contributed by atoms with Crippen molar-refractivity contribution in [2.75, 3.05) is 18.9 Å². The zero-order chi connectivity index (χ0) is 10.4. The van der Waals surface area contributed by atoms with Crippen LogP contribution >= 0.6 is 0 Å². The minimum atomic E-state index is 0.0793. The van der Waals surface area contributed by atoms with Crippen LogP contribution in [-0.4, -0.2) is 28.4 Å². The molecule has 0 aliphatic rings. The molecule has 0 saturated carbocycles. The van der Waals surface area contributed by atoms with Gasteiger partial charge in [-0.1, -0.05) is 0 Å². The van der Waals surface area contributed by atoms with Crippen molar-refractivity contribution in [3.8, 4) is 0 Å². The van der Waals surface area contributed by atoms with Gasteiger partial charge in [-0.2, -0.15) is 0 Å². The van der Waals surface area contributed by atoms with E-state index in [1.54, 1.807) is 6.07 Å². The number of hydrogen-bond donors (Lipinski definition) is 3. The molecule has 0 saturated heterocycles. The third-order valence-corrected chi connectivity index (χ3v) is 1.95. The zero-order valence-electron chi connectivity index (χ0n) is 8.11. The molecular weight excluding hydrogens is 180 g/mol. The number of pyridine rings is 1. The van der Waals surface area contributed by atoms with E-state index in [1.807, 2.05) is 6.07 Å². The van der Waals surface area contributed by atoms with Crippen LogP contribution < -0.4 is 5.73 Å². The summed E-state index contributed by atoms with van der Waals surface area (Å²) in [7, 11) is 0. The minimum Gasteiger partial charge on any atom is -0.396 e. The van der Waals surface area contributed by atoms with Crippen LogP contribution in [-0.2, 0) is 12.8 Å². The van der Waals surface area contributed by atoms with Gasteiger partial charge >= 0.3 is 0 Å². The highest BCUT2D eigenvalue weighted by Gasteiger charge is 2.00. The van der Waals surface area contributed by atoms with Gasteiger partial charge in [-0.25, -0.2) is 4.98 Å². The third kappa shape index (κ3) is 3.32. The van der Waals surface area contributed by atoms with Crippen molar-refractivity contribution in [1.82, 2.24) is 4.98 Å². The van der Waals surface area contributed by atoms with Gasteiger partial charge < -0.3 is 15.9 Å². The first-order valence-electron chi connectivity index (χ1n) is 4.73. The van der Waals surface area contributed by atoms with Crippen LogP contribution in [0.25, 0.3) is 0 Å². The van der Waals surface area contributed by atoms with Crippen LogP contribution in [0.3, 0.4) is 0 Å². The number of rotatable bonds is 5. The van der Waals surface area contributed by atoms with E-state index >= 15 is 0 Å². The summed E-state index contributed by atoms with van der Waals surface area (Å²) in [6.07, 6.45) is 2.04. The first kappa shape index (κ1) is 10.9. The van der Waals surface area contributed by atoms with Gasteiger partial charge in [-0.05, 0) is 30.5 Å². The Hall–Kier alpha value is -1.13. The first-order valence-corrected chi connectivity index (χ1v) is 4.73. The normalized spacial score (nSPS) is 10.4. The van der Waals surface area contributed by atoms with Gasteiger partial charge in [-0.15, -0.1) is 0 Å². The summed E-state index contributed by atoms with van der Waals surface area (Å²) in [6.45, 7) is 0.257. The molecular formula is C10H16N2O2. The summed E-state index contributed by atoms with van der Waals surface area (Å²) >= 11 is 0. The second kappa shape index (κ2) is 5.57. The number of aliphatic hydroxyl groups is 2. The Morgan fingerprint density at radius 1 is 1.14 bits per heavy atom.